The van der Waals surface area contributed by atoms with Gasteiger partial charge in [-0.3, -0.25) is 0 Å². The molecular weight excluding hydrogens is 777 g/mol. The van der Waals surface area contributed by atoms with E-state index in [9.17, 15) is 26.3 Å². The topological polar surface area (TPSA) is 132 Å². The van der Waals surface area contributed by atoms with E-state index in [2.05, 4.69) is 121 Å². The van der Waals surface area contributed by atoms with Gasteiger partial charge in [-0.05, 0) is 61.4 Å². The van der Waals surface area contributed by atoms with Crippen LogP contribution in [0.25, 0.3) is 0 Å². The molecule has 0 atom stereocenters. The number of alkyl halides is 6. The standard InChI is InChI=1S/C28H28P2.2C2HF3O2.C2H8N2.Ru/c1-5-15-25(16-6-1)29(26-17-7-2-8-18-26)23-13-14-24-30(27-19-9-3-10-20-27)28-21-11-4-12-22-28;2*3-2(4,5)1(6)7;3-1-2-4;/h1-12,15-22H,13-14,23-24H2;2*(H,6,7);1-4H2;/q;;;;+4. The van der Waals surface area contributed by atoms with Crippen LogP contribution in [-0.2, 0) is 29.1 Å². The Balaban J connectivity index is 0.00000100. The molecule has 6 nitrogen and oxygen atoms in total. The van der Waals surface area contributed by atoms with Crippen molar-refractivity contribution in [1.82, 2.24) is 0 Å². The van der Waals surface area contributed by atoms with Crippen LogP contribution in [0.2, 0.25) is 0 Å². The van der Waals surface area contributed by atoms with Crippen molar-refractivity contribution in [2.24, 2.45) is 11.5 Å². The quantitative estimate of drug-likeness (QED) is 0.110. The molecule has 0 radical (unpaired) electrons. The summed E-state index contributed by atoms with van der Waals surface area (Å²) >= 11 is 0. The summed E-state index contributed by atoms with van der Waals surface area (Å²) in [6, 6.07) is 44.6. The number of aliphatic carboxylic acids is 2. The van der Waals surface area contributed by atoms with Crippen LogP contribution in [0.5, 0.6) is 0 Å². The van der Waals surface area contributed by atoms with Gasteiger partial charge in [0.2, 0.25) is 0 Å². The van der Waals surface area contributed by atoms with Gasteiger partial charge in [-0.2, -0.15) is 26.3 Å². The van der Waals surface area contributed by atoms with Crippen LogP contribution in [0.1, 0.15) is 12.8 Å². The molecule has 0 bridgehead atoms. The number of unbranched alkanes of at least 4 members (excludes halogenated alkanes) is 1. The van der Waals surface area contributed by atoms with Crippen LogP contribution in [0.3, 0.4) is 0 Å². The Kier molecular flexibility index (Phi) is 23.2. The van der Waals surface area contributed by atoms with E-state index in [0.29, 0.717) is 13.1 Å². The van der Waals surface area contributed by atoms with Crippen molar-refractivity contribution in [2.75, 3.05) is 25.4 Å². The fourth-order valence-corrected chi connectivity index (χ4v) is 9.48. The van der Waals surface area contributed by atoms with Crippen LogP contribution >= 0.6 is 15.8 Å². The number of carboxylic acid groups (broad SMARTS) is 2. The number of nitrogens with two attached hydrogens (primary N) is 2. The van der Waals surface area contributed by atoms with Crippen LogP contribution < -0.4 is 42.9 Å². The first-order valence-electron chi connectivity index (χ1n) is 14.6. The molecule has 0 aliphatic carbocycles. The molecule has 0 fully saturated rings. The summed E-state index contributed by atoms with van der Waals surface area (Å²) in [7, 11) is -1.43. The molecule has 0 amide bonds. The van der Waals surface area contributed by atoms with Gasteiger partial charge in [0.25, 0.3) is 0 Å². The van der Waals surface area contributed by atoms with E-state index in [1.54, 1.807) is 0 Å². The van der Waals surface area contributed by atoms with Crippen LogP contribution in [-0.4, -0.2) is 49.7 Å². The fraction of sp³-hybridized carbons (Fsp3) is 0.235. The zero-order valence-electron chi connectivity index (χ0n) is 26.2. The summed E-state index contributed by atoms with van der Waals surface area (Å²) in [5.74, 6) is -6.01. The Bertz CT molecular complexity index is 1250. The van der Waals surface area contributed by atoms with E-state index >= 15 is 0 Å². The van der Waals surface area contributed by atoms with Crippen LogP contribution in [0.15, 0.2) is 121 Å². The molecule has 0 saturated carbocycles. The normalized spacial score (nSPS) is 10.7. The molecule has 15 heteroatoms. The minimum Gasteiger partial charge on any atom is -0.542 e. The Morgan fingerprint density at radius 3 is 0.816 bits per heavy atom. The molecule has 4 N–H and O–H groups in total. The minimum absolute atomic E-state index is 0. The average molecular weight is 816 g/mol. The van der Waals surface area contributed by atoms with E-state index in [4.69, 9.17) is 31.3 Å². The summed E-state index contributed by atoms with van der Waals surface area (Å²) < 4.78 is 63.1. The van der Waals surface area contributed by atoms with Gasteiger partial charge in [-0.1, -0.05) is 72.8 Å². The van der Waals surface area contributed by atoms with Gasteiger partial charge in [-0.15, -0.1) is 0 Å². The molecule has 0 aliphatic heterocycles. The number of carbonyl (C=O) groups is 2. The maximum absolute atomic E-state index is 10.5. The molecule has 4 aromatic carbocycles. The van der Waals surface area contributed by atoms with E-state index in [-0.39, 0.29) is 19.5 Å². The number of halogens is 6. The number of hydrogen-bond acceptors (Lipinski definition) is 6. The molecule has 0 aliphatic rings. The largest absolute Gasteiger partial charge is 4.00 e. The van der Waals surface area contributed by atoms with Crippen molar-refractivity contribution < 1.29 is 65.6 Å². The van der Waals surface area contributed by atoms with E-state index in [1.165, 1.54) is 46.4 Å². The Labute approximate surface area is 297 Å². The van der Waals surface area contributed by atoms with Gasteiger partial charge >= 0.3 is 31.8 Å². The number of carbonyl (C=O) groups excluding carboxylic acids is 2. The first kappa shape index (κ1) is 45.8. The molecule has 0 aromatic heterocycles. The number of benzene rings is 4. The number of rotatable bonds is 10. The van der Waals surface area contributed by atoms with Gasteiger partial charge in [-0.25, -0.2) is 0 Å². The van der Waals surface area contributed by atoms with Crippen molar-refractivity contribution in [3.63, 3.8) is 0 Å². The molecule has 0 spiro atoms. The van der Waals surface area contributed by atoms with Crippen LogP contribution in [0.4, 0.5) is 26.3 Å². The maximum atomic E-state index is 10.5. The minimum atomic E-state index is -5.19. The van der Waals surface area contributed by atoms with Gasteiger partial charge in [0, 0.05) is 13.1 Å². The third kappa shape index (κ3) is 19.5. The summed E-state index contributed by atoms with van der Waals surface area (Å²) in [6.07, 6.45) is -5.19. The first-order valence-corrected chi connectivity index (χ1v) is 18.0. The second kappa shape index (κ2) is 24.9. The molecule has 264 valence electrons. The molecule has 0 heterocycles. The summed E-state index contributed by atoms with van der Waals surface area (Å²) in [4.78, 5) is 17.6. The smallest absolute Gasteiger partial charge is 0.542 e. The van der Waals surface area contributed by atoms with E-state index < -0.39 is 40.1 Å². The second-order valence-electron chi connectivity index (χ2n) is 9.78. The zero-order chi connectivity index (χ0) is 36.0. The van der Waals surface area contributed by atoms with Crippen LogP contribution in [0, 0.1) is 0 Å². The van der Waals surface area contributed by atoms with Gasteiger partial charge in [0.1, 0.15) is 11.9 Å². The van der Waals surface area contributed by atoms with Crippen molar-refractivity contribution in [3.8, 4) is 0 Å². The zero-order valence-corrected chi connectivity index (χ0v) is 29.9. The van der Waals surface area contributed by atoms with Crippen molar-refractivity contribution in [3.05, 3.63) is 121 Å². The molecule has 0 unspecified atom stereocenters. The van der Waals surface area contributed by atoms with E-state index in [1.807, 2.05) is 0 Å². The first-order chi connectivity index (χ1) is 22.7. The predicted molar refractivity (Wildman–Crippen MR) is 180 cm³/mol. The van der Waals surface area contributed by atoms with Gasteiger partial charge in [0.15, 0.2) is 0 Å². The second-order valence-corrected chi connectivity index (χ2v) is 15.0. The van der Waals surface area contributed by atoms with Crippen molar-refractivity contribution in [1.29, 1.82) is 0 Å². The Morgan fingerprint density at radius 1 is 0.490 bits per heavy atom. The van der Waals surface area contributed by atoms with Crippen molar-refractivity contribution in [2.45, 2.75) is 25.2 Å². The summed E-state index contributed by atoms with van der Waals surface area (Å²) in [6.45, 7) is 1.19. The van der Waals surface area contributed by atoms with E-state index in [0.717, 1.165) is 0 Å². The predicted octanol–water partition coefficient (Wildman–Crippen LogP) is 3.00. The Morgan fingerprint density at radius 2 is 0.673 bits per heavy atom. The number of hydrogen-bond donors (Lipinski definition) is 2. The maximum Gasteiger partial charge on any atom is 4.00 e. The number of carboxylic acids is 2. The molecular formula is C34H38F6N2O4P2Ru+4. The third-order valence-electron chi connectivity index (χ3n) is 6.22. The molecule has 0 saturated heterocycles. The molecule has 4 rings (SSSR count). The molecule has 4 aromatic rings. The fourth-order valence-electron chi connectivity index (χ4n) is 4.07. The summed E-state index contributed by atoms with van der Waals surface area (Å²) in [5, 5.41) is 23.7. The third-order valence-corrected chi connectivity index (χ3v) is 12.1. The average Bonchev–Trinajstić information content (AvgIpc) is 3.08. The SMILES string of the molecule is NCCN.O=C([O-])C(F)(F)F.O=C([O-])C(F)(F)F.[Ru+4].c1ccc([PH+](CCCC[PH+](c2ccccc2)c2ccccc2)c2ccccc2)cc1. The van der Waals surface area contributed by atoms with Gasteiger partial charge < -0.3 is 31.3 Å². The van der Waals surface area contributed by atoms with Crippen molar-refractivity contribution >= 4 is 49.0 Å². The Hall–Kier alpha value is -3.20. The monoisotopic (exact) mass is 816 g/mol. The summed E-state index contributed by atoms with van der Waals surface area (Å²) in [5.41, 5.74) is 9.81. The molecule has 49 heavy (non-hydrogen) atoms. The van der Waals surface area contributed by atoms with Gasteiger partial charge in [0.05, 0.1) is 49.4 Å².